The van der Waals surface area contributed by atoms with E-state index in [4.69, 9.17) is 9.47 Å². The van der Waals surface area contributed by atoms with E-state index in [9.17, 15) is 13.2 Å². The maximum absolute atomic E-state index is 12.5. The Balaban J connectivity index is 0.00000392. The van der Waals surface area contributed by atoms with E-state index in [1.165, 1.54) is 4.90 Å². The minimum atomic E-state index is -4.16. The van der Waals surface area contributed by atoms with Crippen LogP contribution < -0.4 is 15.4 Å². The number of rotatable bonds is 8. The van der Waals surface area contributed by atoms with Crippen LogP contribution in [0.5, 0.6) is 5.75 Å². The average Bonchev–Trinajstić information content (AvgIpc) is 3.04. The van der Waals surface area contributed by atoms with Gasteiger partial charge in [-0.25, -0.2) is 0 Å². The highest BCUT2D eigenvalue weighted by Crippen LogP contribution is 2.20. The number of ether oxygens (including phenoxy) is 2. The van der Waals surface area contributed by atoms with E-state index in [1.54, 1.807) is 14.2 Å². The number of likely N-dealkylation sites (tertiary alicyclic amines) is 1. The first-order chi connectivity index (χ1) is 12.9. The summed E-state index contributed by atoms with van der Waals surface area (Å²) in [6.07, 6.45) is -3.51. The number of alkyl halides is 3. The maximum Gasteiger partial charge on any atom is 0.401 e. The Morgan fingerprint density at radius 2 is 2.11 bits per heavy atom. The van der Waals surface area contributed by atoms with Gasteiger partial charge >= 0.3 is 6.18 Å². The highest BCUT2D eigenvalue weighted by atomic mass is 127. The Labute approximate surface area is 180 Å². The first-order valence-electron chi connectivity index (χ1n) is 8.86. The molecule has 1 aromatic rings. The van der Waals surface area contributed by atoms with Gasteiger partial charge in [0.1, 0.15) is 12.4 Å². The summed E-state index contributed by atoms with van der Waals surface area (Å²) in [5, 5.41) is 6.38. The van der Waals surface area contributed by atoms with Crippen molar-refractivity contribution in [1.82, 2.24) is 15.5 Å². The van der Waals surface area contributed by atoms with Crippen LogP contribution >= 0.6 is 24.0 Å². The third kappa shape index (κ3) is 9.28. The van der Waals surface area contributed by atoms with Crippen LogP contribution in [0.3, 0.4) is 0 Å². The van der Waals surface area contributed by atoms with Crippen molar-refractivity contribution in [3.05, 3.63) is 29.8 Å². The van der Waals surface area contributed by atoms with Gasteiger partial charge in [-0.15, -0.1) is 24.0 Å². The van der Waals surface area contributed by atoms with Crippen LogP contribution in [-0.2, 0) is 11.3 Å². The number of nitrogens with one attached hydrogen (secondary N) is 2. The van der Waals surface area contributed by atoms with Crippen molar-refractivity contribution in [2.75, 3.05) is 47.0 Å². The molecule has 10 heteroatoms. The summed E-state index contributed by atoms with van der Waals surface area (Å²) in [6.45, 7) is 1.43. The molecular formula is C18H28F3IN4O2. The fourth-order valence-electron chi connectivity index (χ4n) is 2.91. The van der Waals surface area contributed by atoms with E-state index in [2.05, 4.69) is 15.6 Å². The Kier molecular flexibility index (Phi) is 10.9. The number of aliphatic imine (C=N–C) groups is 1. The molecule has 0 radical (unpaired) electrons. The Morgan fingerprint density at radius 1 is 1.32 bits per heavy atom. The first-order valence-corrected chi connectivity index (χ1v) is 8.86. The summed E-state index contributed by atoms with van der Waals surface area (Å²) in [5.74, 6) is 1.33. The summed E-state index contributed by atoms with van der Waals surface area (Å²) in [6, 6.07) is 7.62. The largest absolute Gasteiger partial charge is 0.491 e. The molecule has 1 aromatic carbocycles. The van der Waals surface area contributed by atoms with Crippen molar-refractivity contribution in [2.24, 2.45) is 4.99 Å². The van der Waals surface area contributed by atoms with Crippen molar-refractivity contribution in [2.45, 2.75) is 25.2 Å². The smallest absolute Gasteiger partial charge is 0.401 e. The monoisotopic (exact) mass is 516 g/mol. The number of benzene rings is 1. The molecule has 1 heterocycles. The highest BCUT2D eigenvalue weighted by Gasteiger charge is 2.34. The van der Waals surface area contributed by atoms with Crippen molar-refractivity contribution in [3.8, 4) is 5.75 Å². The van der Waals surface area contributed by atoms with E-state index in [0.29, 0.717) is 45.2 Å². The summed E-state index contributed by atoms with van der Waals surface area (Å²) in [7, 11) is 3.26. The molecule has 6 nitrogen and oxygen atoms in total. The third-order valence-electron chi connectivity index (χ3n) is 4.15. The molecule has 1 fully saturated rings. The molecule has 28 heavy (non-hydrogen) atoms. The molecule has 1 saturated heterocycles. The lowest BCUT2D eigenvalue weighted by atomic mass is 10.2. The summed E-state index contributed by atoms with van der Waals surface area (Å²) >= 11 is 0. The van der Waals surface area contributed by atoms with Crippen LogP contribution in [0.25, 0.3) is 0 Å². The van der Waals surface area contributed by atoms with Crippen LogP contribution in [-0.4, -0.2) is 70.1 Å². The van der Waals surface area contributed by atoms with Crippen molar-refractivity contribution in [1.29, 1.82) is 0 Å². The Hall–Kier alpha value is -1.27. The van der Waals surface area contributed by atoms with Crippen LogP contribution in [0.4, 0.5) is 13.2 Å². The lowest BCUT2D eigenvalue weighted by Gasteiger charge is -2.20. The van der Waals surface area contributed by atoms with Crippen LogP contribution in [0.2, 0.25) is 0 Å². The molecule has 0 amide bonds. The molecule has 0 spiro atoms. The van der Waals surface area contributed by atoms with Gasteiger partial charge in [-0.05, 0) is 24.1 Å². The number of hydrogen-bond acceptors (Lipinski definition) is 4. The van der Waals surface area contributed by atoms with Crippen LogP contribution in [0.1, 0.15) is 12.0 Å². The summed E-state index contributed by atoms with van der Waals surface area (Å²) < 4.78 is 48.0. The van der Waals surface area contributed by atoms with Gasteiger partial charge in [-0.3, -0.25) is 9.89 Å². The zero-order chi connectivity index (χ0) is 19.7. The van der Waals surface area contributed by atoms with Gasteiger partial charge in [0, 0.05) is 39.8 Å². The number of hydrogen-bond donors (Lipinski definition) is 2. The molecule has 1 aliphatic heterocycles. The number of guanidine groups is 1. The van der Waals surface area contributed by atoms with Crippen molar-refractivity contribution in [3.63, 3.8) is 0 Å². The fraction of sp³-hybridized carbons (Fsp3) is 0.611. The normalized spacial score (nSPS) is 17.9. The molecule has 2 N–H and O–H groups in total. The quantitative estimate of drug-likeness (QED) is 0.241. The van der Waals surface area contributed by atoms with E-state index >= 15 is 0 Å². The highest BCUT2D eigenvalue weighted by molar-refractivity contribution is 14.0. The van der Waals surface area contributed by atoms with Crippen LogP contribution in [0.15, 0.2) is 29.3 Å². The number of halogens is 4. The maximum atomic E-state index is 12.5. The lowest BCUT2D eigenvalue weighted by molar-refractivity contribution is -0.143. The first kappa shape index (κ1) is 24.8. The molecule has 0 bridgehead atoms. The van der Waals surface area contributed by atoms with Gasteiger partial charge in [0.05, 0.1) is 13.2 Å². The molecule has 160 valence electrons. The van der Waals surface area contributed by atoms with Gasteiger partial charge in [-0.1, -0.05) is 12.1 Å². The van der Waals surface area contributed by atoms with Gasteiger partial charge in [-0.2, -0.15) is 13.2 Å². The second-order valence-corrected chi connectivity index (χ2v) is 6.39. The minimum Gasteiger partial charge on any atom is -0.491 e. The molecule has 0 aliphatic carbocycles. The predicted octanol–water partition coefficient (Wildman–Crippen LogP) is 2.63. The number of nitrogens with zero attached hydrogens (tertiary/aromatic N) is 2. The SMILES string of the molecule is CN=C(NCc1cccc(OCCOC)c1)NC1CCN(CC(F)(F)F)C1.I. The number of methoxy groups -OCH3 is 1. The van der Waals surface area contributed by atoms with Crippen molar-refractivity contribution < 1.29 is 22.6 Å². The van der Waals surface area contributed by atoms with E-state index in [0.717, 1.165) is 11.3 Å². The van der Waals surface area contributed by atoms with Crippen molar-refractivity contribution >= 4 is 29.9 Å². The van der Waals surface area contributed by atoms with E-state index in [-0.39, 0.29) is 30.0 Å². The molecule has 1 atom stereocenters. The molecular weight excluding hydrogens is 488 g/mol. The van der Waals surface area contributed by atoms with Gasteiger partial charge in [0.2, 0.25) is 0 Å². The summed E-state index contributed by atoms with van der Waals surface area (Å²) in [5.41, 5.74) is 1.01. The van der Waals surface area contributed by atoms with E-state index < -0.39 is 12.7 Å². The molecule has 1 unspecified atom stereocenters. The third-order valence-corrected chi connectivity index (χ3v) is 4.15. The van der Waals surface area contributed by atoms with Crippen LogP contribution in [0, 0.1) is 0 Å². The van der Waals surface area contributed by atoms with Gasteiger partial charge in [0.25, 0.3) is 0 Å². The van der Waals surface area contributed by atoms with Gasteiger partial charge in [0.15, 0.2) is 5.96 Å². The Bertz CT molecular complexity index is 617. The summed E-state index contributed by atoms with van der Waals surface area (Å²) in [4.78, 5) is 5.56. The average molecular weight is 516 g/mol. The predicted molar refractivity (Wildman–Crippen MR) is 113 cm³/mol. The second kappa shape index (κ2) is 12.3. The zero-order valence-corrected chi connectivity index (χ0v) is 18.4. The zero-order valence-electron chi connectivity index (χ0n) is 16.1. The molecule has 2 rings (SSSR count). The van der Waals surface area contributed by atoms with Gasteiger partial charge < -0.3 is 20.1 Å². The molecule has 1 aliphatic rings. The second-order valence-electron chi connectivity index (χ2n) is 6.39. The van der Waals surface area contributed by atoms with E-state index in [1.807, 2.05) is 24.3 Å². The Morgan fingerprint density at radius 3 is 2.79 bits per heavy atom. The lowest BCUT2D eigenvalue weighted by Crippen LogP contribution is -2.44. The standard InChI is InChI=1S/C18H27F3N4O2.HI/c1-22-17(24-15-6-7-25(12-15)13-18(19,20)21)23-11-14-4-3-5-16(10-14)27-9-8-26-2;/h3-5,10,15H,6-9,11-13H2,1-2H3,(H2,22,23,24);1H. The minimum absolute atomic E-state index is 0. The fourth-order valence-corrected chi connectivity index (χ4v) is 2.91. The topological polar surface area (TPSA) is 58.1 Å². The molecule has 0 aromatic heterocycles. The molecule has 0 saturated carbocycles.